The Kier molecular flexibility index (Phi) is 8.90. The highest BCUT2D eigenvalue weighted by Crippen LogP contribution is 2.23. The molecule has 0 unspecified atom stereocenters. The molecular formula is C20H28Cl3N3O. The van der Waals surface area contributed by atoms with Crippen molar-refractivity contribution in [2.45, 2.75) is 25.3 Å². The third-order valence-electron chi connectivity index (χ3n) is 5.28. The molecule has 0 aliphatic carbocycles. The molecule has 27 heavy (non-hydrogen) atoms. The Morgan fingerprint density at radius 3 is 2.52 bits per heavy atom. The summed E-state index contributed by atoms with van der Waals surface area (Å²) in [7, 11) is 0. The van der Waals surface area contributed by atoms with E-state index in [1.165, 1.54) is 12.8 Å². The van der Waals surface area contributed by atoms with E-state index in [1.54, 1.807) is 12.1 Å². The Morgan fingerprint density at radius 1 is 1.11 bits per heavy atom. The average Bonchev–Trinajstić information content (AvgIpc) is 3.12. The molecule has 2 aliphatic heterocycles. The van der Waals surface area contributed by atoms with Crippen molar-refractivity contribution >= 4 is 41.5 Å². The van der Waals surface area contributed by atoms with Gasteiger partial charge in [0.15, 0.2) is 0 Å². The smallest absolute Gasteiger partial charge is 0.227 e. The Labute approximate surface area is 178 Å². The first-order valence-corrected chi connectivity index (χ1v) is 10.1. The van der Waals surface area contributed by atoms with Gasteiger partial charge in [0.05, 0.1) is 22.5 Å². The van der Waals surface area contributed by atoms with Crippen molar-refractivity contribution in [1.29, 1.82) is 0 Å². The van der Waals surface area contributed by atoms with E-state index in [9.17, 15) is 4.79 Å². The van der Waals surface area contributed by atoms with Gasteiger partial charge < -0.3 is 9.80 Å². The van der Waals surface area contributed by atoms with Crippen molar-refractivity contribution in [3.8, 4) is 0 Å². The molecule has 3 rings (SSSR count). The summed E-state index contributed by atoms with van der Waals surface area (Å²) >= 11 is 12.1. The summed E-state index contributed by atoms with van der Waals surface area (Å²) in [5.74, 6) is 0.172. The fourth-order valence-corrected chi connectivity index (χ4v) is 4.26. The molecular weight excluding hydrogens is 405 g/mol. The van der Waals surface area contributed by atoms with E-state index in [0.29, 0.717) is 16.5 Å². The molecule has 4 nitrogen and oxygen atoms in total. The molecule has 1 aromatic rings. The Hall–Kier alpha value is -0.780. The maximum Gasteiger partial charge on any atom is 0.227 e. The minimum atomic E-state index is 0. The second-order valence-electron chi connectivity index (χ2n) is 7.22. The zero-order valence-electron chi connectivity index (χ0n) is 15.6. The summed E-state index contributed by atoms with van der Waals surface area (Å²) in [6.07, 6.45) is 4.84. The van der Waals surface area contributed by atoms with Crippen LogP contribution in [0.15, 0.2) is 30.9 Å². The van der Waals surface area contributed by atoms with Crippen LogP contribution in [0.4, 0.5) is 0 Å². The predicted molar refractivity (Wildman–Crippen MR) is 115 cm³/mol. The third kappa shape index (κ3) is 6.10. The van der Waals surface area contributed by atoms with Gasteiger partial charge in [-0.1, -0.05) is 35.3 Å². The number of likely N-dealkylation sites (tertiary alicyclic amines) is 1. The number of piperazine rings is 1. The molecule has 0 spiro atoms. The topological polar surface area (TPSA) is 26.8 Å². The highest BCUT2D eigenvalue weighted by atomic mass is 35.5. The van der Waals surface area contributed by atoms with Gasteiger partial charge in [0.2, 0.25) is 5.91 Å². The lowest BCUT2D eigenvalue weighted by Crippen LogP contribution is -2.58. The molecule has 1 aromatic carbocycles. The van der Waals surface area contributed by atoms with E-state index in [2.05, 4.69) is 21.3 Å². The van der Waals surface area contributed by atoms with Crippen LogP contribution in [0.25, 0.3) is 0 Å². The number of carbonyl (C=O) groups is 1. The van der Waals surface area contributed by atoms with Gasteiger partial charge in [0, 0.05) is 32.7 Å². The van der Waals surface area contributed by atoms with Crippen molar-refractivity contribution < 1.29 is 4.79 Å². The molecule has 1 atom stereocenters. The predicted octanol–water partition coefficient (Wildman–Crippen LogP) is 3.75. The van der Waals surface area contributed by atoms with E-state index >= 15 is 0 Å². The zero-order valence-corrected chi connectivity index (χ0v) is 17.9. The fourth-order valence-electron chi connectivity index (χ4n) is 3.94. The van der Waals surface area contributed by atoms with Crippen LogP contribution in [-0.2, 0) is 11.2 Å². The van der Waals surface area contributed by atoms with Crippen molar-refractivity contribution in [2.75, 3.05) is 45.8 Å². The maximum absolute atomic E-state index is 13.0. The van der Waals surface area contributed by atoms with E-state index in [1.807, 2.05) is 12.1 Å². The Bertz CT molecular complexity index is 649. The van der Waals surface area contributed by atoms with Crippen molar-refractivity contribution in [2.24, 2.45) is 0 Å². The molecule has 2 fully saturated rings. The monoisotopic (exact) mass is 431 g/mol. The van der Waals surface area contributed by atoms with Crippen LogP contribution in [0.3, 0.4) is 0 Å². The van der Waals surface area contributed by atoms with Gasteiger partial charge >= 0.3 is 0 Å². The van der Waals surface area contributed by atoms with Gasteiger partial charge in [0.25, 0.3) is 0 Å². The summed E-state index contributed by atoms with van der Waals surface area (Å²) in [5, 5.41) is 1.02. The lowest BCUT2D eigenvalue weighted by atomic mass is 10.1. The highest BCUT2D eigenvalue weighted by molar-refractivity contribution is 6.42. The molecule has 0 aromatic heterocycles. The van der Waals surface area contributed by atoms with Crippen LogP contribution >= 0.6 is 35.6 Å². The van der Waals surface area contributed by atoms with Crippen LogP contribution < -0.4 is 0 Å². The van der Waals surface area contributed by atoms with Crippen LogP contribution in [-0.4, -0.2) is 72.5 Å². The molecule has 7 heteroatoms. The number of hydrogen-bond acceptors (Lipinski definition) is 3. The average molecular weight is 433 g/mol. The van der Waals surface area contributed by atoms with Crippen LogP contribution in [0, 0.1) is 0 Å². The normalized spacial score (nSPS) is 21.1. The zero-order chi connectivity index (χ0) is 18.5. The molecule has 150 valence electrons. The van der Waals surface area contributed by atoms with Crippen molar-refractivity contribution in [3.63, 3.8) is 0 Å². The lowest BCUT2D eigenvalue weighted by Gasteiger charge is -2.42. The van der Waals surface area contributed by atoms with E-state index in [-0.39, 0.29) is 24.4 Å². The minimum Gasteiger partial charge on any atom is -0.336 e. The summed E-state index contributed by atoms with van der Waals surface area (Å²) in [6.45, 7) is 10.6. The first-order chi connectivity index (χ1) is 12.6. The van der Waals surface area contributed by atoms with E-state index in [4.69, 9.17) is 23.2 Å². The molecule has 0 saturated carbocycles. The van der Waals surface area contributed by atoms with Gasteiger partial charge in [-0.15, -0.1) is 19.0 Å². The van der Waals surface area contributed by atoms with Gasteiger partial charge in [-0.25, -0.2) is 0 Å². The molecule has 2 saturated heterocycles. The second-order valence-corrected chi connectivity index (χ2v) is 8.04. The quantitative estimate of drug-likeness (QED) is 0.641. The summed E-state index contributed by atoms with van der Waals surface area (Å²) in [6, 6.07) is 5.67. The fraction of sp³-hybridized carbons (Fsp3) is 0.550. The summed E-state index contributed by atoms with van der Waals surface area (Å²) < 4.78 is 0. The standard InChI is InChI=1S/C20H27Cl2N3O.ClH/c1-2-7-23-10-11-25(17(14-23)15-24-8-3-4-9-24)20(26)13-16-5-6-18(21)19(22)12-16;/h2,5-6,12,17H,1,3-4,7-11,13-15H2;1H/t17-;/m0./s1. The summed E-state index contributed by atoms with van der Waals surface area (Å²) in [5.41, 5.74) is 0.915. The molecule has 0 radical (unpaired) electrons. The molecule has 2 heterocycles. The van der Waals surface area contributed by atoms with Gasteiger partial charge in [0.1, 0.15) is 0 Å². The van der Waals surface area contributed by atoms with E-state index in [0.717, 1.165) is 51.4 Å². The number of benzene rings is 1. The Balaban J connectivity index is 0.00000261. The molecule has 2 aliphatic rings. The van der Waals surface area contributed by atoms with Gasteiger partial charge in [-0.2, -0.15) is 0 Å². The SMILES string of the molecule is C=CCN1CCN(C(=O)Cc2ccc(Cl)c(Cl)c2)[C@H](CN2CCCC2)C1.Cl. The first-order valence-electron chi connectivity index (χ1n) is 9.36. The van der Waals surface area contributed by atoms with Gasteiger partial charge in [-0.05, 0) is 43.6 Å². The first kappa shape index (κ1) is 22.5. The van der Waals surface area contributed by atoms with Crippen LogP contribution in [0.2, 0.25) is 10.0 Å². The van der Waals surface area contributed by atoms with Crippen molar-refractivity contribution in [3.05, 3.63) is 46.5 Å². The van der Waals surface area contributed by atoms with Crippen molar-refractivity contribution in [1.82, 2.24) is 14.7 Å². The largest absolute Gasteiger partial charge is 0.336 e. The van der Waals surface area contributed by atoms with Crippen LogP contribution in [0.5, 0.6) is 0 Å². The number of amides is 1. The highest BCUT2D eigenvalue weighted by Gasteiger charge is 2.31. The van der Waals surface area contributed by atoms with E-state index < -0.39 is 0 Å². The Morgan fingerprint density at radius 2 is 1.85 bits per heavy atom. The molecule has 0 bridgehead atoms. The number of hydrogen-bond donors (Lipinski definition) is 0. The molecule has 1 amide bonds. The minimum absolute atomic E-state index is 0. The van der Waals surface area contributed by atoms with Crippen LogP contribution in [0.1, 0.15) is 18.4 Å². The lowest BCUT2D eigenvalue weighted by molar-refractivity contribution is -0.135. The second kappa shape index (κ2) is 10.7. The summed E-state index contributed by atoms with van der Waals surface area (Å²) in [4.78, 5) is 19.9. The number of nitrogens with zero attached hydrogens (tertiary/aromatic N) is 3. The van der Waals surface area contributed by atoms with Gasteiger partial charge in [-0.3, -0.25) is 9.69 Å². The molecule has 0 N–H and O–H groups in total. The number of rotatable bonds is 6. The third-order valence-corrected chi connectivity index (χ3v) is 6.02. The number of halogens is 3. The number of carbonyl (C=O) groups excluding carboxylic acids is 1. The maximum atomic E-state index is 13.0.